The highest BCUT2D eigenvalue weighted by molar-refractivity contribution is 6.06. The van der Waals surface area contributed by atoms with Crippen molar-refractivity contribution in [2.24, 2.45) is 0 Å². The minimum absolute atomic E-state index is 0.151. The first-order valence-corrected chi connectivity index (χ1v) is 10.4. The largest absolute Gasteiger partial charge is 0.494 e. The van der Waals surface area contributed by atoms with E-state index in [1.807, 2.05) is 36.4 Å². The van der Waals surface area contributed by atoms with Crippen molar-refractivity contribution in [3.63, 3.8) is 0 Å². The van der Waals surface area contributed by atoms with Crippen LogP contribution in [0.4, 0.5) is 11.4 Å². The first-order valence-electron chi connectivity index (χ1n) is 10.4. The molecule has 0 aliphatic rings. The second kappa shape index (κ2) is 10.3. The maximum absolute atomic E-state index is 12.8. The molecule has 0 saturated carbocycles. The van der Waals surface area contributed by atoms with Crippen LogP contribution in [-0.4, -0.2) is 41.0 Å². The van der Waals surface area contributed by atoms with Gasteiger partial charge >= 0.3 is 0 Å². The Balaban J connectivity index is 1.51. The second-order valence-electron chi connectivity index (χ2n) is 7.31. The molecule has 3 aromatic carbocycles. The van der Waals surface area contributed by atoms with Gasteiger partial charge in [0, 0.05) is 17.7 Å². The molecule has 0 aliphatic heterocycles. The van der Waals surface area contributed by atoms with Crippen LogP contribution in [0.2, 0.25) is 0 Å². The van der Waals surface area contributed by atoms with Gasteiger partial charge < -0.3 is 20.1 Å². The number of nitrogens with one attached hydrogen (secondary N) is 2. The number of hydrogen-bond acceptors (Lipinski definition) is 6. The zero-order chi connectivity index (χ0) is 23.9. The summed E-state index contributed by atoms with van der Waals surface area (Å²) in [6, 6.07) is 21.7. The van der Waals surface area contributed by atoms with Gasteiger partial charge in [-0.25, -0.2) is 4.68 Å². The van der Waals surface area contributed by atoms with Gasteiger partial charge in [0.05, 0.1) is 38.3 Å². The molecule has 1 aromatic heterocycles. The van der Waals surface area contributed by atoms with Crippen LogP contribution >= 0.6 is 0 Å². The molecule has 9 nitrogen and oxygen atoms in total. The zero-order valence-electron chi connectivity index (χ0n) is 18.7. The summed E-state index contributed by atoms with van der Waals surface area (Å²) in [4.78, 5) is 25.4. The van der Waals surface area contributed by atoms with E-state index in [0.717, 1.165) is 5.56 Å². The van der Waals surface area contributed by atoms with E-state index in [-0.39, 0.29) is 11.6 Å². The summed E-state index contributed by atoms with van der Waals surface area (Å²) in [5.41, 5.74) is 2.46. The van der Waals surface area contributed by atoms with E-state index in [2.05, 4.69) is 20.9 Å². The lowest BCUT2D eigenvalue weighted by molar-refractivity contribution is 0.101. The van der Waals surface area contributed by atoms with Crippen molar-refractivity contribution in [2.45, 2.75) is 6.54 Å². The maximum atomic E-state index is 12.8. The van der Waals surface area contributed by atoms with E-state index in [4.69, 9.17) is 9.47 Å². The monoisotopic (exact) mass is 457 g/mol. The molecule has 0 radical (unpaired) electrons. The molecule has 0 fully saturated rings. The molecule has 2 amide bonds. The van der Waals surface area contributed by atoms with Crippen molar-refractivity contribution in [3.8, 4) is 11.5 Å². The van der Waals surface area contributed by atoms with Crippen LogP contribution in [0.15, 0.2) is 79.0 Å². The summed E-state index contributed by atoms with van der Waals surface area (Å²) in [6.07, 6.45) is 1.57. The standard InChI is InChI=1S/C25H23N5O4/c1-33-22-14-20(23(34-2)13-19(22)26-24(31)18-11-7-4-8-12-18)27-25(32)21-16-30(29-28-21)15-17-9-5-3-6-10-17/h3-14,16H,15H2,1-2H3,(H,26,31)(H,27,32). The lowest BCUT2D eigenvalue weighted by Gasteiger charge is -2.16. The summed E-state index contributed by atoms with van der Waals surface area (Å²) in [5, 5.41) is 13.6. The van der Waals surface area contributed by atoms with Gasteiger partial charge in [-0.3, -0.25) is 9.59 Å². The topological polar surface area (TPSA) is 107 Å². The molecule has 9 heteroatoms. The Labute approximate surface area is 196 Å². The molecule has 0 bridgehead atoms. The van der Waals surface area contributed by atoms with Crippen molar-refractivity contribution in [1.29, 1.82) is 0 Å². The Bertz CT molecular complexity index is 1290. The van der Waals surface area contributed by atoms with Gasteiger partial charge in [-0.1, -0.05) is 53.7 Å². The van der Waals surface area contributed by atoms with Gasteiger partial charge in [0.15, 0.2) is 5.69 Å². The molecular formula is C25H23N5O4. The highest BCUT2D eigenvalue weighted by Gasteiger charge is 2.18. The number of methoxy groups -OCH3 is 2. The Morgan fingerprint density at radius 2 is 1.38 bits per heavy atom. The van der Waals surface area contributed by atoms with E-state index in [1.165, 1.54) is 14.2 Å². The lowest BCUT2D eigenvalue weighted by atomic mass is 10.2. The molecular weight excluding hydrogens is 434 g/mol. The molecule has 0 unspecified atom stereocenters. The van der Waals surface area contributed by atoms with Gasteiger partial charge in [0.2, 0.25) is 0 Å². The number of hydrogen-bond donors (Lipinski definition) is 2. The molecule has 0 aliphatic carbocycles. The fraction of sp³-hybridized carbons (Fsp3) is 0.120. The minimum atomic E-state index is -0.458. The van der Waals surface area contributed by atoms with E-state index in [1.54, 1.807) is 47.3 Å². The average Bonchev–Trinajstić information content (AvgIpc) is 3.34. The van der Waals surface area contributed by atoms with Gasteiger partial charge in [-0.05, 0) is 17.7 Å². The fourth-order valence-corrected chi connectivity index (χ4v) is 3.31. The van der Waals surface area contributed by atoms with Crippen LogP contribution in [0, 0.1) is 0 Å². The van der Waals surface area contributed by atoms with Crippen LogP contribution in [0.5, 0.6) is 11.5 Å². The predicted octanol–water partition coefficient (Wildman–Crippen LogP) is 3.85. The number of anilines is 2. The molecule has 172 valence electrons. The predicted molar refractivity (Wildman–Crippen MR) is 127 cm³/mol. The summed E-state index contributed by atoms with van der Waals surface area (Å²) in [6.45, 7) is 0.494. The molecule has 4 rings (SSSR count). The summed E-state index contributed by atoms with van der Waals surface area (Å²) in [7, 11) is 2.94. The summed E-state index contributed by atoms with van der Waals surface area (Å²) < 4.78 is 12.4. The van der Waals surface area contributed by atoms with Crippen molar-refractivity contribution >= 4 is 23.2 Å². The van der Waals surface area contributed by atoms with Gasteiger partial charge in [0.25, 0.3) is 11.8 Å². The molecule has 2 N–H and O–H groups in total. The maximum Gasteiger partial charge on any atom is 0.277 e. The van der Waals surface area contributed by atoms with Crippen molar-refractivity contribution in [1.82, 2.24) is 15.0 Å². The van der Waals surface area contributed by atoms with E-state index in [0.29, 0.717) is 35.0 Å². The number of carbonyl (C=O) groups is 2. The Kier molecular flexibility index (Phi) is 6.83. The second-order valence-corrected chi connectivity index (χ2v) is 7.31. The van der Waals surface area contributed by atoms with Crippen LogP contribution in [-0.2, 0) is 6.54 Å². The van der Waals surface area contributed by atoms with Gasteiger partial charge in [-0.15, -0.1) is 5.10 Å². The van der Waals surface area contributed by atoms with Gasteiger partial charge in [0.1, 0.15) is 11.5 Å². The molecule has 0 saturated heterocycles. The van der Waals surface area contributed by atoms with Crippen LogP contribution in [0.25, 0.3) is 0 Å². The third kappa shape index (κ3) is 5.21. The van der Waals surface area contributed by atoms with Crippen LogP contribution in [0.1, 0.15) is 26.4 Å². The lowest BCUT2D eigenvalue weighted by Crippen LogP contribution is -2.15. The zero-order valence-corrected chi connectivity index (χ0v) is 18.7. The third-order valence-corrected chi connectivity index (χ3v) is 5.01. The van der Waals surface area contributed by atoms with Gasteiger partial charge in [-0.2, -0.15) is 0 Å². The molecule has 4 aromatic rings. The average molecular weight is 457 g/mol. The number of ether oxygens (including phenoxy) is 2. The highest BCUT2D eigenvalue weighted by Crippen LogP contribution is 2.36. The van der Waals surface area contributed by atoms with Crippen LogP contribution < -0.4 is 20.1 Å². The van der Waals surface area contributed by atoms with Crippen molar-refractivity contribution in [3.05, 3.63) is 95.8 Å². The van der Waals surface area contributed by atoms with E-state index >= 15 is 0 Å². The number of amides is 2. The summed E-state index contributed by atoms with van der Waals surface area (Å²) >= 11 is 0. The van der Waals surface area contributed by atoms with Crippen molar-refractivity contribution < 1.29 is 19.1 Å². The SMILES string of the molecule is COc1cc(NC(=O)c2cn(Cc3ccccc3)nn2)c(OC)cc1NC(=O)c1ccccc1. The smallest absolute Gasteiger partial charge is 0.277 e. The third-order valence-electron chi connectivity index (χ3n) is 5.01. The number of aromatic nitrogens is 3. The molecule has 1 heterocycles. The number of carbonyl (C=O) groups excluding carboxylic acids is 2. The van der Waals surface area contributed by atoms with Crippen LogP contribution in [0.3, 0.4) is 0 Å². The fourth-order valence-electron chi connectivity index (χ4n) is 3.31. The summed E-state index contributed by atoms with van der Waals surface area (Å²) in [5.74, 6) is -0.0594. The molecule has 0 spiro atoms. The Hall–Kier alpha value is -4.66. The molecule has 34 heavy (non-hydrogen) atoms. The Morgan fingerprint density at radius 3 is 1.97 bits per heavy atom. The Morgan fingerprint density at radius 1 is 0.824 bits per heavy atom. The van der Waals surface area contributed by atoms with Crippen molar-refractivity contribution in [2.75, 3.05) is 24.9 Å². The first-order chi connectivity index (χ1) is 16.6. The highest BCUT2D eigenvalue weighted by atomic mass is 16.5. The minimum Gasteiger partial charge on any atom is -0.494 e. The normalized spacial score (nSPS) is 10.4. The number of rotatable bonds is 8. The van der Waals surface area contributed by atoms with E-state index < -0.39 is 5.91 Å². The number of nitrogens with zero attached hydrogens (tertiary/aromatic N) is 3. The van der Waals surface area contributed by atoms with E-state index in [9.17, 15) is 9.59 Å². The molecule has 0 atom stereocenters. The quantitative estimate of drug-likeness (QED) is 0.416. The number of benzene rings is 3. The first kappa shape index (κ1) is 22.5.